The number of carbonyl (C=O) groups is 1. The van der Waals surface area contributed by atoms with Crippen molar-refractivity contribution in [1.29, 1.82) is 0 Å². The lowest BCUT2D eigenvalue weighted by Crippen LogP contribution is -2.33. The molecule has 6 nitrogen and oxygen atoms in total. The van der Waals surface area contributed by atoms with E-state index in [0.717, 1.165) is 18.4 Å². The fourth-order valence-corrected chi connectivity index (χ4v) is 4.14. The molecule has 4 rings (SSSR count). The maximum Gasteiger partial charge on any atom is 0.346 e. The first-order valence-electron chi connectivity index (χ1n) is 8.66. The van der Waals surface area contributed by atoms with Crippen molar-refractivity contribution in [2.45, 2.75) is 25.4 Å². The smallest absolute Gasteiger partial charge is 0.328 e. The van der Waals surface area contributed by atoms with Crippen LogP contribution in [0.3, 0.4) is 0 Å². The van der Waals surface area contributed by atoms with Crippen molar-refractivity contribution in [3.05, 3.63) is 74.6 Å². The zero-order valence-electron chi connectivity index (χ0n) is 14.5. The lowest BCUT2D eigenvalue weighted by atomic mass is 10.1. The number of hydrogen-bond donors (Lipinski definition) is 0. The van der Waals surface area contributed by atoms with Crippen LogP contribution in [0.5, 0.6) is 0 Å². The van der Waals surface area contributed by atoms with Crippen LogP contribution in [-0.2, 0) is 13.6 Å². The number of benzene rings is 1. The Morgan fingerprint density at radius 1 is 1.27 bits per heavy atom. The number of aryl methyl sites for hydroxylation is 1. The fourth-order valence-electron chi connectivity index (χ4n) is 3.51. The minimum atomic E-state index is -0.167. The number of amides is 1. The van der Waals surface area contributed by atoms with Crippen molar-refractivity contribution in [1.82, 2.24) is 19.2 Å². The van der Waals surface area contributed by atoms with Gasteiger partial charge in [0, 0.05) is 19.0 Å². The van der Waals surface area contributed by atoms with Gasteiger partial charge in [0.05, 0.1) is 18.2 Å². The number of likely N-dealkylation sites (tertiary alicyclic amines) is 1. The van der Waals surface area contributed by atoms with Crippen LogP contribution in [0.4, 0.5) is 0 Å². The highest BCUT2D eigenvalue weighted by Gasteiger charge is 2.34. The van der Waals surface area contributed by atoms with Gasteiger partial charge in [-0.3, -0.25) is 9.36 Å². The minimum Gasteiger partial charge on any atom is -0.328 e. The summed E-state index contributed by atoms with van der Waals surface area (Å²) in [6.07, 6.45) is 1.73. The van der Waals surface area contributed by atoms with E-state index in [9.17, 15) is 9.59 Å². The van der Waals surface area contributed by atoms with E-state index in [1.165, 1.54) is 16.0 Å². The Morgan fingerprint density at radius 2 is 2.08 bits per heavy atom. The molecule has 1 fully saturated rings. The zero-order valence-corrected chi connectivity index (χ0v) is 15.4. The first-order chi connectivity index (χ1) is 12.6. The Labute approximate surface area is 155 Å². The molecule has 7 heteroatoms. The Hall–Kier alpha value is -2.67. The average molecular weight is 368 g/mol. The lowest BCUT2D eigenvalue weighted by molar-refractivity contribution is 0.0727. The van der Waals surface area contributed by atoms with Crippen molar-refractivity contribution in [3.63, 3.8) is 0 Å². The van der Waals surface area contributed by atoms with Crippen molar-refractivity contribution in [2.75, 3.05) is 6.54 Å². The summed E-state index contributed by atoms with van der Waals surface area (Å²) in [5, 5.41) is 8.25. The molecule has 3 heterocycles. The normalized spacial score (nSPS) is 17.0. The second-order valence-corrected chi connectivity index (χ2v) is 7.28. The molecule has 0 aliphatic carbocycles. The summed E-state index contributed by atoms with van der Waals surface area (Å²) in [5.74, 6) is 0.681. The van der Waals surface area contributed by atoms with Gasteiger partial charge in [0.2, 0.25) is 0 Å². The largest absolute Gasteiger partial charge is 0.346 e. The van der Waals surface area contributed by atoms with Crippen molar-refractivity contribution < 1.29 is 4.79 Å². The van der Waals surface area contributed by atoms with E-state index < -0.39 is 0 Å². The number of carbonyl (C=O) groups excluding carboxylic acids is 1. The Kier molecular flexibility index (Phi) is 4.46. The van der Waals surface area contributed by atoms with Gasteiger partial charge in [0.15, 0.2) is 5.82 Å². The van der Waals surface area contributed by atoms with Gasteiger partial charge in [-0.15, -0.1) is 0 Å². The minimum absolute atomic E-state index is 0.0121. The topological polar surface area (TPSA) is 60.1 Å². The van der Waals surface area contributed by atoms with Gasteiger partial charge in [0.1, 0.15) is 0 Å². The van der Waals surface area contributed by atoms with Gasteiger partial charge >= 0.3 is 5.69 Å². The summed E-state index contributed by atoms with van der Waals surface area (Å²) >= 11 is 1.51. The van der Waals surface area contributed by atoms with Crippen molar-refractivity contribution in [3.8, 4) is 0 Å². The van der Waals surface area contributed by atoms with Crippen LogP contribution in [0.1, 0.15) is 40.6 Å². The maximum atomic E-state index is 12.9. The first kappa shape index (κ1) is 16.8. The van der Waals surface area contributed by atoms with Crippen molar-refractivity contribution in [2.24, 2.45) is 7.05 Å². The quantitative estimate of drug-likeness (QED) is 0.711. The molecular weight excluding hydrogens is 348 g/mol. The number of thiophene rings is 1. The van der Waals surface area contributed by atoms with Gasteiger partial charge in [-0.2, -0.15) is 16.4 Å². The molecular formula is C19H20N4O2S. The summed E-state index contributed by atoms with van der Waals surface area (Å²) < 4.78 is 3.06. The third-order valence-electron chi connectivity index (χ3n) is 4.80. The molecule has 0 spiro atoms. The van der Waals surface area contributed by atoms with Crippen molar-refractivity contribution >= 4 is 17.2 Å². The highest BCUT2D eigenvalue weighted by atomic mass is 32.1. The highest BCUT2D eigenvalue weighted by molar-refractivity contribution is 7.08. The Bertz CT molecular complexity index is 959. The molecule has 26 heavy (non-hydrogen) atoms. The molecule has 134 valence electrons. The summed E-state index contributed by atoms with van der Waals surface area (Å²) in [7, 11) is 1.66. The predicted octanol–water partition coefficient (Wildman–Crippen LogP) is 2.67. The average Bonchev–Trinajstić information content (AvgIpc) is 3.39. The Balaban J connectivity index is 1.69. The van der Waals surface area contributed by atoms with E-state index >= 15 is 0 Å². The Morgan fingerprint density at radius 3 is 2.81 bits per heavy atom. The summed E-state index contributed by atoms with van der Waals surface area (Å²) in [6, 6.07) is 11.5. The fraction of sp³-hybridized carbons (Fsp3) is 0.316. The highest BCUT2D eigenvalue weighted by Crippen LogP contribution is 2.32. The van der Waals surface area contributed by atoms with Gasteiger partial charge < -0.3 is 4.90 Å². The third-order valence-corrected chi connectivity index (χ3v) is 5.48. The number of nitrogens with zero attached hydrogens (tertiary/aromatic N) is 4. The molecule has 1 aromatic carbocycles. The molecule has 3 aromatic rings. The predicted molar refractivity (Wildman–Crippen MR) is 100 cm³/mol. The number of rotatable bonds is 4. The summed E-state index contributed by atoms with van der Waals surface area (Å²) in [5.41, 5.74) is 1.59. The van der Waals surface area contributed by atoms with Crippen LogP contribution in [0, 0.1) is 0 Å². The molecule has 0 bridgehead atoms. The molecule has 1 unspecified atom stereocenters. The van der Waals surface area contributed by atoms with E-state index in [4.69, 9.17) is 0 Å². The molecule has 1 aliphatic rings. The summed E-state index contributed by atoms with van der Waals surface area (Å²) in [6.45, 7) is 1.15. The molecule has 1 atom stereocenters. The van der Waals surface area contributed by atoms with Gasteiger partial charge in [-0.05, 0) is 29.9 Å². The monoisotopic (exact) mass is 368 g/mol. The number of aromatic nitrogens is 3. The van der Waals surface area contributed by atoms with E-state index in [1.54, 1.807) is 11.6 Å². The maximum absolute atomic E-state index is 12.9. The van der Waals surface area contributed by atoms with Crippen LogP contribution in [-0.4, -0.2) is 31.7 Å². The van der Waals surface area contributed by atoms with Crippen LogP contribution in [0.15, 0.2) is 52.0 Å². The molecule has 2 aromatic heterocycles. The molecule has 1 saturated heterocycles. The molecule has 1 aliphatic heterocycles. The molecule has 0 radical (unpaired) electrons. The van der Waals surface area contributed by atoms with Crippen LogP contribution in [0.2, 0.25) is 0 Å². The van der Waals surface area contributed by atoms with E-state index in [2.05, 4.69) is 5.10 Å². The van der Waals surface area contributed by atoms with Gasteiger partial charge in [-0.25, -0.2) is 9.48 Å². The molecule has 0 saturated carbocycles. The molecule has 1 amide bonds. The van der Waals surface area contributed by atoms with Crippen LogP contribution < -0.4 is 5.69 Å². The third kappa shape index (κ3) is 2.99. The summed E-state index contributed by atoms with van der Waals surface area (Å²) in [4.78, 5) is 27.3. The first-order valence-corrected chi connectivity index (χ1v) is 9.60. The SMILES string of the molecule is Cn1nc(C2CCCN2C(=O)c2ccsc2)n(Cc2ccccc2)c1=O. The van der Waals surface area contributed by atoms with Gasteiger partial charge in [-0.1, -0.05) is 30.3 Å². The lowest BCUT2D eigenvalue weighted by Gasteiger charge is -2.24. The van der Waals surface area contributed by atoms with E-state index in [-0.39, 0.29) is 17.6 Å². The second kappa shape index (κ2) is 6.92. The molecule has 0 N–H and O–H groups in total. The second-order valence-electron chi connectivity index (χ2n) is 6.50. The van der Waals surface area contributed by atoms with Gasteiger partial charge in [0.25, 0.3) is 5.91 Å². The van der Waals surface area contributed by atoms with Crippen LogP contribution in [0.25, 0.3) is 0 Å². The van der Waals surface area contributed by atoms with Crippen LogP contribution >= 0.6 is 11.3 Å². The zero-order chi connectivity index (χ0) is 18.1. The van der Waals surface area contributed by atoms with E-state index in [0.29, 0.717) is 24.5 Å². The number of hydrogen-bond acceptors (Lipinski definition) is 4. The standard InChI is InChI=1S/C19H20N4O2S/c1-21-19(25)23(12-14-6-3-2-4-7-14)17(20-21)16-8-5-10-22(16)18(24)15-9-11-26-13-15/h2-4,6-7,9,11,13,16H,5,8,10,12H2,1H3. The van der Waals surface area contributed by atoms with E-state index in [1.807, 2.05) is 52.1 Å².